The highest BCUT2D eigenvalue weighted by Gasteiger charge is 2.19. The van der Waals surface area contributed by atoms with Crippen LogP contribution in [0.25, 0.3) is 85.8 Å². The van der Waals surface area contributed by atoms with E-state index in [1.165, 1.54) is 58.2 Å². The van der Waals surface area contributed by atoms with E-state index in [2.05, 4.69) is 114 Å². The van der Waals surface area contributed by atoms with E-state index in [4.69, 9.17) is 4.42 Å². The Hall–Kier alpha value is -4.60. The number of rotatable bonds is 1. The molecule has 0 saturated heterocycles. The number of fused-ring (bicyclic) bond motifs is 13. The standard InChI is InChI=1S/C34H19NOS/c1-2-9-23-22(8-1)31-24-10-3-5-11-27(24)35-33(31)34-32(23)25-15-13-20(18-28(25)36-34)19-14-16-30-26(17-19)21-7-4-6-12-29(21)37-30/h1-18,35H. The van der Waals surface area contributed by atoms with Crippen molar-refractivity contribution in [2.45, 2.75) is 0 Å². The van der Waals surface area contributed by atoms with E-state index in [0.717, 1.165) is 27.6 Å². The van der Waals surface area contributed by atoms with Crippen LogP contribution in [0.2, 0.25) is 0 Å². The number of H-pyrrole nitrogens is 1. The lowest BCUT2D eigenvalue weighted by Gasteiger charge is -2.04. The Morgan fingerprint density at radius 1 is 0.514 bits per heavy atom. The third kappa shape index (κ3) is 2.59. The lowest BCUT2D eigenvalue weighted by Crippen LogP contribution is -1.79. The van der Waals surface area contributed by atoms with E-state index in [1.54, 1.807) is 0 Å². The molecule has 9 rings (SSSR count). The first kappa shape index (κ1) is 19.6. The molecule has 172 valence electrons. The number of aromatic amines is 1. The van der Waals surface area contributed by atoms with Gasteiger partial charge >= 0.3 is 0 Å². The first-order valence-corrected chi connectivity index (χ1v) is 13.3. The van der Waals surface area contributed by atoms with Crippen LogP contribution >= 0.6 is 11.3 Å². The largest absolute Gasteiger partial charge is 0.454 e. The molecular weight excluding hydrogens is 470 g/mol. The van der Waals surface area contributed by atoms with Gasteiger partial charge in [0, 0.05) is 47.2 Å². The van der Waals surface area contributed by atoms with Gasteiger partial charge in [0.2, 0.25) is 0 Å². The number of benzene rings is 6. The van der Waals surface area contributed by atoms with Crippen molar-refractivity contribution in [1.29, 1.82) is 0 Å². The van der Waals surface area contributed by atoms with Gasteiger partial charge in [0.25, 0.3) is 0 Å². The lowest BCUT2D eigenvalue weighted by atomic mass is 9.97. The van der Waals surface area contributed by atoms with Crippen LogP contribution in [0.15, 0.2) is 114 Å². The quantitative estimate of drug-likeness (QED) is 0.244. The van der Waals surface area contributed by atoms with Crippen LogP contribution in [-0.4, -0.2) is 4.98 Å². The minimum absolute atomic E-state index is 0.916. The number of aromatic nitrogens is 1. The molecule has 6 aromatic carbocycles. The van der Waals surface area contributed by atoms with Crippen molar-refractivity contribution < 1.29 is 4.42 Å². The van der Waals surface area contributed by atoms with Gasteiger partial charge in [-0.15, -0.1) is 11.3 Å². The molecule has 3 heterocycles. The summed E-state index contributed by atoms with van der Waals surface area (Å²) < 4.78 is 9.33. The maximum absolute atomic E-state index is 6.68. The molecule has 0 bridgehead atoms. The zero-order valence-corrected chi connectivity index (χ0v) is 20.5. The van der Waals surface area contributed by atoms with Gasteiger partial charge < -0.3 is 9.40 Å². The second-order valence-electron chi connectivity index (χ2n) is 9.79. The maximum Gasteiger partial charge on any atom is 0.160 e. The molecule has 9 aromatic rings. The van der Waals surface area contributed by atoms with E-state index < -0.39 is 0 Å². The van der Waals surface area contributed by atoms with Gasteiger partial charge in [-0.05, 0) is 58.3 Å². The first-order valence-electron chi connectivity index (χ1n) is 12.5. The molecule has 0 spiro atoms. The molecule has 0 aliphatic rings. The SMILES string of the molecule is c1ccc2c(c1)[nH]c1c3oc4cc(-c5ccc6sc7ccccc7c6c5)ccc4c3c3ccccc3c21. The molecule has 0 aliphatic carbocycles. The van der Waals surface area contributed by atoms with Crippen molar-refractivity contribution in [3.63, 3.8) is 0 Å². The summed E-state index contributed by atoms with van der Waals surface area (Å²) in [7, 11) is 0. The van der Waals surface area contributed by atoms with Crippen molar-refractivity contribution in [2.24, 2.45) is 0 Å². The average Bonchev–Trinajstić information content (AvgIpc) is 3.63. The van der Waals surface area contributed by atoms with Crippen molar-refractivity contribution in [1.82, 2.24) is 4.98 Å². The Bertz CT molecular complexity index is 2370. The van der Waals surface area contributed by atoms with Crippen molar-refractivity contribution in [3.05, 3.63) is 109 Å². The molecule has 0 atom stereocenters. The predicted molar refractivity (Wildman–Crippen MR) is 159 cm³/mol. The van der Waals surface area contributed by atoms with Gasteiger partial charge in [0.15, 0.2) is 5.58 Å². The summed E-state index contributed by atoms with van der Waals surface area (Å²) in [4.78, 5) is 3.66. The molecule has 37 heavy (non-hydrogen) atoms. The summed E-state index contributed by atoms with van der Waals surface area (Å²) in [5, 5.41) is 9.90. The Morgan fingerprint density at radius 2 is 1.19 bits per heavy atom. The summed E-state index contributed by atoms with van der Waals surface area (Å²) in [5.74, 6) is 0. The normalized spacial score (nSPS) is 12.3. The third-order valence-electron chi connectivity index (χ3n) is 7.80. The minimum atomic E-state index is 0.916. The summed E-state index contributed by atoms with van der Waals surface area (Å²) in [6, 6.07) is 39.3. The van der Waals surface area contributed by atoms with Crippen LogP contribution in [0.1, 0.15) is 0 Å². The second-order valence-corrected chi connectivity index (χ2v) is 10.9. The zero-order chi connectivity index (χ0) is 24.1. The Morgan fingerprint density at radius 3 is 2.08 bits per heavy atom. The highest BCUT2D eigenvalue weighted by atomic mass is 32.1. The van der Waals surface area contributed by atoms with Gasteiger partial charge in [-0.3, -0.25) is 0 Å². The van der Waals surface area contributed by atoms with Crippen molar-refractivity contribution in [2.75, 3.05) is 0 Å². The summed E-state index contributed by atoms with van der Waals surface area (Å²) in [5.41, 5.74) is 6.42. The number of para-hydroxylation sites is 1. The molecule has 3 heteroatoms. The van der Waals surface area contributed by atoms with E-state index in [-0.39, 0.29) is 0 Å². The van der Waals surface area contributed by atoms with E-state index in [0.29, 0.717) is 0 Å². The smallest absolute Gasteiger partial charge is 0.160 e. The van der Waals surface area contributed by atoms with Gasteiger partial charge in [-0.1, -0.05) is 72.8 Å². The molecule has 0 aliphatic heterocycles. The minimum Gasteiger partial charge on any atom is -0.454 e. The van der Waals surface area contributed by atoms with Crippen LogP contribution in [0, 0.1) is 0 Å². The number of hydrogen-bond acceptors (Lipinski definition) is 2. The van der Waals surface area contributed by atoms with E-state index in [9.17, 15) is 0 Å². The Kier molecular flexibility index (Phi) is 3.70. The highest BCUT2D eigenvalue weighted by molar-refractivity contribution is 7.25. The lowest BCUT2D eigenvalue weighted by molar-refractivity contribution is 0.672. The van der Waals surface area contributed by atoms with Crippen molar-refractivity contribution in [3.8, 4) is 11.1 Å². The van der Waals surface area contributed by atoms with Crippen LogP contribution in [0.5, 0.6) is 0 Å². The Balaban J connectivity index is 1.35. The monoisotopic (exact) mass is 489 g/mol. The molecule has 0 saturated carbocycles. The predicted octanol–water partition coefficient (Wildman–Crippen LogP) is 10.4. The molecule has 3 aromatic heterocycles. The number of thiophene rings is 1. The van der Waals surface area contributed by atoms with Crippen LogP contribution in [0.3, 0.4) is 0 Å². The first-order chi connectivity index (χ1) is 18.3. The topological polar surface area (TPSA) is 28.9 Å². The van der Waals surface area contributed by atoms with Crippen LogP contribution in [0.4, 0.5) is 0 Å². The van der Waals surface area contributed by atoms with Crippen molar-refractivity contribution >= 4 is 86.0 Å². The molecule has 0 fully saturated rings. The molecule has 0 radical (unpaired) electrons. The Labute approximate surface area is 215 Å². The van der Waals surface area contributed by atoms with E-state index >= 15 is 0 Å². The molecular formula is C34H19NOS. The van der Waals surface area contributed by atoms with Gasteiger partial charge in [0.1, 0.15) is 5.58 Å². The number of hydrogen-bond donors (Lipinski definition) is 1. The zero-order valence-electron chi connectivity index (χ0n) is 19.7. The highest BCUT2D eigenvalue weighted by Crippen LogP contribution is 2.44. The maximum atomic E-state index is 6.68. The summed E-state index contributed by atoms with van der Waals surface area (Å²) in [6.07, 6.45) is 0. The molecule has 0 amide bonds. The third-order valence-corrected chi connectivity index (χ3v) is 8.95. The fourth-order valence-corrected chi connectivity index (χ4v) is 7.22. The molecule has 2 nitrogen and oxygen atoms in total. The van der Waals surface area contributed by atoms with E-state index in [1.807, 2.05) is 11.3 Å². The van der Waals surface area contributed by atoms with Crippen LogP contribution in [-0.2, 0) is 0 Å². The van der Waals surface area contributed by atoms with Gasteiger partial charge in [-0.2, -0.15) is 0 Å². The fourth-order valence-electron chi connectivity index (χ4n) is 6.14. The fraction of sp³-hybridized carbons (Fsp3) is 0. The van der Waals surface area contributed by atoms with Gasteiger partial charge in [-0.25, -0.2) is 0 Å². The number of nitrogens with one attached hydrogen (secondary N) is 1. The summed E-state index contributed by atoms with van der Waals surface area (Å²) >= 11 is 1.85. The number of furan rings is 1. The summed E-state index contributed by atoms with van der Waals surface area (Å²) in [6.45, 7) is 0. The molecule has 0 unspecified atom stereocenters. The second kappa shape index (κ2) is 7.00. The average molecular weight is 490 g/mol. The van der Waals surface area contributed by atoms with Crippen LogP contribution < -0.4 is 0 Å². The van der Waals surface area contributed by atoms with Gasteiger partial charge in [0.05, 0.1) is 5.52 Å². The molecule has 1 N–H and O–H groups in total.